The van der Waals surface area contributed by atoms with Crippen molar-refractivity contribution in [2.75, 3.05) is 5.32 Å². The molecule has 2 amide bonds. The van der Waals surface area contributed by atoms with E-state index in [0.717, 1.165) is 0 Å². The van der Waals surface area contributed by atoms with Gasteiger partial charge in [-0.1, -0.05) is 44.5 Å². The average molecular weight is 402 g/mol. The number of carbonyl (C=O) groups is 2. The first-order valence-corrected chi connectivity index (χ1v) is 8.78. The van der Waals surface area contributed by atoms with E-state index in [2.05, 4.69) is 10.6 Å². The summed E-state index contributed by atoms with van der Waals surface area (Å²) in [6.45, 7) is 5.20. The number of hydrogen-bond acceptors (Lipinski definition) is 4. The number of nitro benzene ring substituents is 1. The number of rotatable bonds is 5. The monoisotopic (exact) mass is 401 g/mol. The molecule has 7 nitrogen and oxygen atoms in total. The van der Waals surface area contributed by atoms with E-state index < -0.39 is 16.2 Å². The van der Waals surface area contributed by atoms with E-state index in [4.69, 9.17) is 11.6 Å². The van der Waals surface area contributed by atoms with E-state index in [1.54, 1.807) is 45.0 Å². The van der Waals surface area contributed by atoms with E-state index >= 15 is 0 Å². The van der Waals surface area contributed by atoms with E-state index in [1.807, 2.05) is 0 Å². The molecule has 0 saturated carbocycles. The minimum Gasteiger partial charge on any atom is -0.321 e. The molecule has 0 bridgehead atoms. The fraction of sp³-hybridized carbons (Fsp3) is 0.200. The molecule has 146 valence electrons. The lowest BCUT2D eigenvalue weighted by molar-refractivity contribution is -0.384. The Bertz CT molecular complexity index is 914. The van der Waals surface area contributed by atoms with Crippen molar-refractivity contribution in [3.05, 3.63) is 74.9 Å². The molecule has 0 fully saturated rings. The molecule has 0 aromatic heterocycles. The molecule has 0 atom stereocenters. The van der Waals surface area contributed by atoms with Gasteiger partial charge in [0, 0.05) is 28.3 Å². The molecule has 2 N–H and O–H groups in total. The summed E-state index contributed by atoms with van der Waals surface area (Å²) in [7, 11) is 0. The molecule has 0 unspecified atom stereocenters. The minimum atomic E-state index is -0.702. The van der Waals surface area contributed by atoms with Gasteiger partial charge in [0.25, 0.3) is 11.6 Å². The molecule has 2 aromatic rings. The molecular formula is C20H20ClN3O4. The zero-order valence-corrected chi connectivity index (χ0v) is 16.4. The van der Waals surface area contributed by atoms with Crippen LogP contribution in [-0.4, -0.2) is 16.7 Å². The second-order valence-corrected chi connectivity index (χ2v) is 7.51. The molecule has 2 aromatic carbocycles. The van der Waals surface area contributed by atoms with Crippen molar-refractivity contribution in [3.8, 4) is 0 Å². The van der Waals surface area contributed by atoms with Gasteiger partial charge in [-0.25, -0.2) is 0 Å². The molecule has 8 heteroatoms. The molecular weight excluding hydrogens is 382 g/mol. The molecule has 0 aliphatic heterocycles. The average Bonchev–Trinajstić information content (AvgIpc) is 2.62. The van der Waals surface area contributed by atoms with Crippen molar-refractivity contribution < 1.29 is 14.5 Å². The lowest BCUT2D eigenvalue weighted by Gasteiger charge is -2.19. The molecule has 0 aliphatic carbocycles. The third-order valence-electron chi connectivity index (χ3n) is 3.69. The number of nitrogens with zero attached hydrogens (tertiary/aromatic N) is 1. The summed E-state index contributed by atoms with van der Waals surface area (Å²) in [6.07, 6.45) is 1.53. The van der Waals surface area contributed by atoms with Gasteiger partial charge in [0.15, 0.2) is 0 Å². The highest BCUT2D eigenvalue weighted by Crippen LogP contribution is 2.18. The number of carbonyl (C=O) groups excluding carboxylic acids is 2. The Morgan fingerprint density at radius 2 is 1.61 bits per heavy atom. The third-order valence-corrected chi connectivity index (χ3v) is 3.94. The van der Waals surface area contributed by atoms with E-state index in [0.29, 0.717) is 16.3 Å². The van der Waals surface area contributed by atoms with Crippen molar-refractivity contribution in [1.82, 2.24) is 5.32 Å². The van der Waals surface area contributed by atoms with Gasteiger partial charge in [0.05, 0.1) is 4.92 Å². The van der Waals surface area contributed by atoms with E-state index in [9.17, 15) is 19.7 Å². The van der Waals surface area contributed by atoms with Gasteiger partial charge in [-0.15, -0.1) is 0 Å². The van der Waals surface area contributed by atoms with Crippen LogP contribution in [0.2, 0.25) is 5.02 Å². The van der Waals surface area contributed by atoms with Crippen LogP contribution < -0.4 is 10.6 Å². The standard InChI is InChI=1S/C20H20ClN3O4/c1-20(2,3)19(26)23-17(12-13-4-6-14(21)7-5-13)18(25)22-15-8-10-16(11-9-15)24(27)28/h4-12H,1-3H3,(H,22,25)(H,23,26)/b17-12+. The highest BCUT2D eigenvalue weighted by Gasteiger charge is 2.24. The quantitative estimate of drug-likeness (QED) is 0.440. The highest BCUT2D eigenvalue weighted by atomic mass is 35.5. The number of halogens is 1. The SMILES string of the molecule is CC(C)(C)C(=O)N/C(=C/c1ccc(Cl)cc1)C(=O)Nc1ccc([N+](=O)[O-])cc1. The topological polar surface area (TPSA) is 101 Å². The smallest absolute Gasteiger partial charge is 0.272 e. The Morgan fingerprint density at radius 3 is 2.11 bits per heavy atom. The number of nitrogens with one attached hydrogen (secondary N) is 2. The number of hydrogen-bond donors (Lipinski definition) is 2. The van der Waals surface area contributed by atoms with Gasteiger partial charge < -0.3 is 10.6 Å². The van der Waals surface area contributed by atoms with Crippen molar-refractivity contribution in [2.45, 2.75) is 20.8 Å². The van der Waals surface area contributed by atoms with Crippen LogP contribution in [0, 0.1) is 15.5 Å². The van der Waals surface area contributed by atoms with Gasteiger partial charge in [-0.2, -0.15) is 0 Å². The predicted molar refractivity (Wildman–Crippen MR) is 109 cm³/mol. The zero-order valence-electron chi connectivity index (χ0n) is 15.7. The van der Waals surface area contributed by atoms with Crippen LogP contribution in [0.3, 0.4) is 0 Å². The Labute approximate surface area is 167 Å². The van der Waals surface area contributed by atoms with Crippen LogP contribution in [-0.2, 0) is 9.59 Å². The Kier molecular flexibility index (Phi) is 6.53. The first kappa shape index (κ1) is 21.1. The van der Waals surface area contributed by atoms with Crippen LogP contribution in [0.25, 0.3) is 6.08 Å². The third kappa shape index (κ3) is 5.92. The number of benzene rings is 2. The molecule has 0 radical (unpaired) electrons. The number of nitro groups is 1. The predicted octanol–water partition coefficient (Wildman–Crippen LogP) is 4.39. The fourth-order valence-electron chi connectivity index (χ4n) is 2.06. The lowest BCUT2D eigenvalue weighted by atomic mass is 9.95. The molecule has 0 spiro atoms. The summed E-state index contributed by atoms with van der Waals surface area (Å²) in [5, 5.41) is 16.6. The van der Waals surface area contributed by atoms with Crippen molar-refractivity contribution in [1.29, 1.82) is 0 Å². The van der Waals surface area contributed by atoms with Gasteiger partial charge in [0.1, 0.15) is 5.70 Å². The van der Waals surface area contributed by atoms with Crippen LogP contribution >= 0.6 is 11.6 Å². The van der Waals surface area contributed by atoms with Gasteiger partial charge in [0.2, 0.25) is 5.91 Å². The Balaban J connectivity index is 2.28. The highest BCUT2D eigenvalue weighted by molar-refractivity contribution is 6.30. The first-order chi connectivity index (χ1) is 13.1. The number of anilines is 1. The van der Waals surface area contributed by atoms with Gasteiger partial charge in [-0.05, 0) is 35.9 Å². The van der Waals surface area contributed by atoms with Gasteiger partial charge in [-0.3, -0.25) is 19.7 Å². The second kappa shape index (κ2) is 8.67. The lowest BCUT2D eigenvalue weighted by Crippen LogP contribution is -2.38. The molecule has 2 rings (SSSR count). The maximum Gasteiger partial charge on any atom is 0.272 e. The van der Waals surface area contributed by atoms with E-state index in [-0.39, 0.29) is 17.3 Å². The first-order valence-electron chi connectivity index (χ1n) is 8.41. The summed E-state index contributed by atoms with van der Waals surface area (Å²) in [5.74, 6) is -0.882. The Morgan fingerprint density at radius 1 is 1.04 bits per heavy atom. The number of amides is 2. The van der Waals surface area contributed by atoms with Crippen molar-refractivity contribution in [3.63, 3.8) is 0 Å². The molecule has 0 saturated heterocycles. The largest absolute Gasteiger partial charge is 0.321 e. The summed E-state index contributed by atoms with van der Waals surface area (Å²) in [5.41, 5.74) is 0.291. The molecule has 0 aliphatic rings. The summed E-state index contributed by atoms with van der Waals surface area (Å²) < 4.78 is 0. The number of non-ortho nitro benzene ring substituents is 1. The van der Waals surface area contributed by atoms with Crippen LogP contribution in [0.5, 0.6) is 0 Å². The van der Waals surface area contributed by atoms with Crippen molar-refractivity contribution >= 4 is 40.9 Å². The van der Waals surface area contributed by atoms with Crippen LogP contribution in [0.4, 0.5) is 11.4 Å². The summed E-state index contributed by atoms with van der Waals surface area (Å²) >= 11 is 5.88. The van der Waals surface area contributed by atoms with Crippen molar-refractivity contribution in [2.24, 2.45) is 5.41 Å². The minimum absolute atomic E-state index is 0.0422. The zero-order chi connectivity index (χ0) is 20.9. The summed E-state index contributed by atoms with van der Waals surface area (Å²) in [6, 6.07) is 12.2. The fourth-order valence-corrected chi connectivity index (χ4v) is 2.18. The second-order valence-electron chi connectivity index (χ2n) is 7.07. The van der Waals surface area contributed by atoms with E-state index in [1.165, 1.54) is 30.3 Å². The maximum atomic E-state index is 12.7. The normalized spacial score (nSPS) is 11.6. The summed E-state index contributed by atoms with van der Waals surface area (Å²) in [4.78, 5) is 35.3. The maximum absolute atomic E-state index is 12.7. The Hall–Kier alpha value is -3.19. The van der Waals surface area contributed by atoms with Crippen LogP contribution in [0.15, 0.2) is 54.2 Å². The molecule has 0 heterocycles. The van der Waals surface area contributed by atoms with Gasteiger partial charge >= 0.3 is 0 Å². The molecule has 28 heavy (non-hydrogen) atoms. The van der Waals surface area contributed by atoms with Crippen LogP contribution in [0.1, 0.15) is 26.3 Å².